The quantitative estimate of drug-likeness (QED) is 0.0505. The van der Waals surface area contributed by atoms with E-state index in [4.69, 9.17) is 43.0 Å². The number of aromatic hydroxyl groups is 1. The lowest BCUT2D eigenvalue weighted by Crippen LogP contribution is -2.12. The first-order chi connectivity index (χ1) is 37.8. The number of phenolic OH excluding ortho intramolecular Hbond substituents is 1. The summed E-state index contributed by atoms with van der Waals surface area (Å²) in [6.07, 6.45) is 12.1. The van der Waals surface area contributed by atoms with Gasteiger partial charge in [-0.05, 0) is 139 Å². The van der Waals surface area contributed by atoms with E-state index in [1.165, 1.54) is 36.3 Å². The maximum atomic E-state index is 10.0. The summed E-state index contributed by atoms with van der Waals surface area (Å²) in [6.45, 7) is 68.8. The summed E-state index contributed by atoms with van der Waals surface area (Å²) in [4.78, 5) is 26.8. The van der Waals surface area contributed by atoms with Crippen molar-refractivity contribution >= 4 is 29.5 Å². The van der Waals surface area contributed by atoms with Gasteiger partial charge in [0.25, 0.3) is 0 Å². The molecule has 2 atom stereocenters. The van der Waals surface area contributed by atoms with Crippen LogP contribution < -0.4 is 17.2 Å². The van der Waals surface area contributed by atoms with Gasteiger partial charge in [-0.1, -0.05) is 240 Å². The van der Waals surface area contributed by atoms with Crippen LogP contribution in [0.3, 0.4) is 0 Å². The molecule has 1 aromatic carbocycles. The number of nitrogens with two attached hydrogens (primary N) is 3. The number of amidine groups is 1. The Kier molecular flexibility index (Phi) is 97.0. The lowest BCUT2D eigenvalue weighted by molar-refractivity contribution is -0.137. The molecule has 12 N–H and O–H groups in total. The highest BCUT2D eigenvalue weighted by Crippen LogP contribution is 2.14. The van der Waals surface area contributed by atoms with Crippen LogP contribution in [-0.4, -0.2) is 79.4 Å². The van der Waals surface area contributed by atoms with E-state index < -0.39 is 5.97 Å². The molecule has 0 saturated carbocycles. The molecule has 0 fully saturated rings. The van der Waals surface area contributed by atoms with E-state index in [1.54, 1.807) is 25.4 Å². The summed E-state index contributed by atoms with van der Waals surface area (Å²) in [7, 11) is 0. The molecule has 2 aromatic rings. The number of carboxylic acid groups (broad SMARTS) is 1. The van der Waals surface area contributed by atoms with Crippen LogP contribution in [0.4, 0.5) is 0 Å². The minimum Gasteiger partial charge on any atom is -0.508 e. The maximum Gasteiger partial charge on any atom is 0.303 e. The number of H-pyrrole nitrogens is 1. The predicted octanol–water partition coefficient (Wildman–Crippen LogP) is 19.4. The number of aliphatic hydroxyl groups excluding tert-OH is 2. The first-order valence-electron chi connectivity index (χ1n) is 31.9. The zero-order valence-electron chi connectivity index (χ0n) is 61.4. The Bertz CT molecular complexity index is 1410. The highest BCUT2D eigenvalue weighted by atomic mass is 32.2. The van der Waals surface area contributed by atoms with E-state index in [9.17, 15) is 9.59 Å². The van der Waals surface area contributed by atoms with Gasteiger partial charge < -0.3 is 42.6 Å². The van der Waals surface area contributed by atoms with Gasteiger partial charge in [0.15, 0.2) is 0 Å². The molecule has 83 heavy (non-hydrogen) atoms. The van der Waals surface area contributed by atoms with Crippen molar-refractivity contribution in [2.75, 3.05) is 25.2 Å². The van der Waals surface area contributed by atoms with Crippen LogP contribution in [0.5, 0.6) is 5.75 Å². The second kappa shape index (κ2) is 76.9. The SMILES string of the molecule is CC(C)C.CC(C)C(C)C.CC(C)C(C)O.CC(C)CC(=N)N.CC(C)CC(=O)O.CC(C)CC(N)=O.CC(C)CN.CC(C)CO.CC(C)Cc1ccc(O)cc1.CC(C)c1cnc[nH]1.CCC.CCC(C)C(C)C.CSCCC(C)C. The average Bonchev–Trinajstić information content (AvgIpc) is 3.88. The summed E-state index contributed by atoms with van der Waals surface area (Å²) >= 11 is 1.93. The summed E-state index contributed by atoms with van der Waals surface area (Å²) in [5.41, 5.74) is 17.6. The van der Waals surface area contributed by atoms with Gasteiger partial charge in [0.2, 0.25) is 5.91 Å². The molecule has 504 valence electrons. The third kappa shape index (κ3) is 149. The zero-order chi connectivity index (χ0) is 68.6. The Balaban J connectivity index is -0.0000000760. The summed E-state index contributed by atoms with van der Waals surface area (Å²) in [6, 6.07) is 7.40. The van der Waals surface area contributed by atoms with E-state index >= 15 is 0 Å². The van der Waals surface area contributed by atoms with E-state index in [2.05, 4.69) is 162 Å². The van der Waals surface area contributed by atoms with E-state index in [0.717, 1.165) is 54.9 Å². The number of primary amides is 1. The highest BCUT2D eigenvalue weighted by Gasteiger charge is 2.02. The van der Waals surface area contributed by atoms with Crippen molar-refractivity contribution in [2.24, 2.45) is 94.1 Å². The molecule has 12 nitrogen and oxygen atoms in total. The highest BCUT2D eigenvalue weighted by molar-refractivity contribution is 7.98. The number of aliphatic carboxylic acids is 1. The largest absolute Gasteiger partial charge is 0.508 e. The number of carbonyl (C=O) groups excluding carboxylic acids is 1. The predicted molar refractivity (Wildman–Crippen MR) is 377 cm³/mol. The van der Waals surface area contributed by atoms with Crippen LogP contribution in [0.2, 0.25) is 0 Å². The van der Waals surface area contributed by atoms with Crippen LogP contribution >= 0.6 is 11.8 Å². The van der Waals surface area contributed by atoms with Crippen LogP contribution in [0.25, 0.3) is 0 Å². The van der Waals surface area contributed by atoms with Crippen LogP contribution in [-0.2, 0) is 16.0 Å². The molecule has 0 bridgehead atoms. The minimum atomic E-state index is -0.713. The van der Waals surface area contributed by atoms with Crippen molar-refractivity contribution in [3.05, 3.63) is 48.0 Å². The fourth-order valence-electron chi connectivity index (χ4n) is 3.70. The molecule has 1 heterocycles. The molecule has 0 saturated heterocycles. The number of hydrogen-bond donors (Lipinski definition) is 9. The number of rotatable bonds is 18. The lowest BCUT2D eigenvalue weighted by atomic mass is 9.96. The third-order valence-electron chi connectivity index (χ3n) is 10.4. The van der Waals surface area contributed by atoms with Gasteiger partial charge in [0, 0.05) is 37.8 Å². The minimum absolute atomic E-state index is 0.148. The number of hydrogen-bond acceptors (Lipinski definition) is 9. The lowest BCUT2D eigenvalue weighted by Gasteiger charge is -2.10. The molecule has 0 spiro atoms. The molecule has 2 unspecified atom stereocenters. The molecule has 0 aliphatic rings. The van der Waals surface area contributed by atoms with Crippen molar-refractivity contribution in [3.63, 3.8) is 0 Å². The van der Waals surface area contributed by atoms with E-state index in [0.29, 0.717) is 60.2 Å². The number of thioether (sulfide) groups is 1. The Morgan fingerprint density at radius 2 is 0.964 bits per heavy atom. The van der Waals surface area contributed by atoms with Gasteiger partial charge in [-0.15, -0.1) is 0 Å². The molecule has 0 aliphatic carbocycles. The van der Waals surface area contributed by atoms with Crippen molar-refractivity contribution in [1.29, 1.82) is 5.41 Å². The molecular formula is C70H152N6O6S. The second-order valence-electron chi connectivity index (χ2n) is 26.5. The summed E-state index contributed by atoms with van der Waals surface area (Å²) in [5, 5.41) is 40.7. The number of aliphatic hydroxyl groups is 2. The Morgan fingerprint density at radius 1 is 0.602 bits per heavy atom. The molecule has 13 heteroatoms. The van der Waals surface area contributed by atoms with Crippen molar-refractivity contribution in [3.8, 4) is 5.75 Å². The smallest absolute Gasteiger partial charge is 0.303 e. The third-order valence-corrected chi connectivity index (χ3v) is 11.0. The number of benzene rings is 1. The Hall–Kier alpha value is -3.13. The van der Waals surface area contributed by atoms with Gasteiger partial charge in [-0.25, -0.2) is 4.98 Å². The van der Waals surface area contributed by atoms with Crippen LogP contribution in [0.15, 0.2) is 36.8 Å². The fourth-order valence-corrected chi connectivity index (χ4v) is 4.41. The number of aromatic nitrogens is 2. The first kappa shape index (κ1) is 105. The number of carboxylic acids is 1. The standard InChI is InChI=1S/C10H14O.C7H16.C6H10N2.C6H14S.C6H14.C5H12N2.C5H11NO.C5H10O2.C5H12O.C4H11N.C4H10O.C4H10.C3H8/c1-8(2)7-9-3-5-10(11)6-4-9;1-5-7(4)6(2)3;1-5(2)6-3-7-4-8-6;1-6(2)4-5-7-3;1-5(2)6(3)4;3*1-4(2)3-5(6)7;1-4(2)5(3)6;2*1-4(2)3-5;1-4(2)3;1-3-2/h3-6,8,11H,7H2,1-2H3;6-7H,5H2,1-4H3;3-5H,1-2H3,(H,7,8);6H,4-5H2,1-3H3;5-6H,1-4H3;4H,3H2,1-2H3,(H3,6,7);4H,3H2,1-2H3,(H2,6,7);4H,3H2,1-2H3,(H,6,7);4-6H,1-3H3;4H,3,5H2,1-2H3;4-5H,3H2,1-2H3;4H,1-3H3;3H2,1-2H3. The normalized spacial score (nSPS) is 10.7. The number of nitrogens with one attached hydrogen (secondary N) is 2. The monoisotopic (exact) mass is 1210 g/mol. The average molecular weight is 1210 g/mol. The molecule has 2 rings (SSSR count). The van der Waals surface area contributed by atoms with Crippen molar-refractivity contribution in [2.45, 2.75) is 279 Å². The van der Waals surface area contributed by atoms with Crippen molar-refractivity contribution < 1.29 is 30.0 Å². The van der Waals surface area contributed by atoms with Crippen LogP contribution in [0.1, 0.15) is 277 Å². The van der Waals surface area contributed by atoms with E-state index in [1.807, 2.05) is 99.3 Å². The number of aromatic amines is 1. The van der Waals surface area contributed by atoms with Gasteiger partial charge in [0.05, 0.1) is 18.3 Å². The number of nitrogens with zero attached hydrogens (tertiary/aromatic N) is 1. The topological polar surface area (TPSA) is 246 Å². The first-order valence-corrected chi connectivity index (χ1v) is 33.3. The number of imidazole rings is 1. The fraction of sp³-hybridized carbons (Fsp3) is 0.829. The molecule has 0 radical (unpaired) electrons. The number of phenols is 1. The zero-order valence-corrected chi connectivity index (χ0v) is 62.2. The number of carbonyl (C=O) groups is 2. The van der Waals surface area contributed by atoms with Gasteiger partial charge in [0.1, 0.15) is 5.75 Å². The summed E-state index contributed by atoms with van der Waals surface area (Å²) < 4.78 is 0. The van der Waals surface area contributed by atoms with E-state index in [-0.39, 0.29) is 30.2 Å². The van der Waals surface area contributed by atoms with Gasteiger partial charge in [-0.2, -0.15) is 11.8 Å². The number of amides is 1. The second-order valence-corrected chi connectivity index (χ2v) is 27.5. The molecular weight excluding hydrogens is 1050 g/mol. The Labute approximate surface area is 524 Å². The molecule has 1 amide bonds. The molecule has 0 aliphatic heterocycles. The van der Waals surface area contributed by atoms with Gasteiger partial charge in [-0.3, -0.25) is 15.0 Å². The molecule has 1 aromatic heterocycles. The summed E-state index contributed by atoms with van der Waals surface area (Å²) in [5.74, 6) is 10.2. The maximum absolute atomic E-state index is 10.0. The Morgan fingerprint density at radius 3 is 1.06 bits per heavy atom. The van der Waals surface area contributed by atoms with Crippen molar-refractivity contribution in [1.82, 2.24) is 9.97 Å². The van der Waals surface area contributed by atoms with Crippen LogP contribution in [0, 0.1) is 82.3 Å². The van der Waals surface area contributed by atoms with Gasteiger partial charge >= 0.3 is 5.97 Å².